The first-order valence-electron chi connectivity index (χ1n) is 11.9. The van der Waals surface area contributed by atoms with E-state index in [4.69, 9.17) is 4.74 Å². The van der Waals surface area contributed by atoms with Crippen molar-refractivity contribution in [3.05, 3.63) is 54.1 Å². The molecule has 0 unspecified atom stereocenters. The molecule has 2 N–H and O–H groups in total. The lowest BCUT2D eigenvalue weighted by Gasteiger charge is -2.37. The minimum atomic E-state index is -3.74. The van der Waals surface area contributed by atoms with Crippen LogP contribution in [0.4, 0.5) is 5.69 Å². The number of nitrogens with zero attached hydrogens (tertiary/aromatic N) is 2. The van der Waals surface area contributed by atoms with Crippen molar-refractivity contribution < 1.29 is 22.7 Å². The van der Waals surface area contributed by atoms with E-state index in [1.54, 1.807) is 12.1 Å². The Morgan fingerprint density at radius 1 is 1.17 bits per heavy atom. The topological polar surface area (TPSA) is 108 Å². The van der Waals surface area contributed by atoms with E-state index >= 15 is 0 Å². The van der Waals surface area contributed by atoms with Gasteiger partial charge in [-0.3, -0.25) is 14.5 Å². The molecule has 0 spiro atoms. The second-order valence-electron chi connectivity index (χ2n) is 9.30. The lowest BCUT2D eigenvalue weighted by Crippen LogP contribution is -2.58. The number of carbonyl (C=O) groups excluding carboxylic acids is 2. The zero-order valence-corrected chi connectivity index (χ0v) is 20.5. The van der Waals surface area contributed by atoms with E-state index in [-0.39, 0.29) is 28.8 Å². The first-order chi connectivity index (χ1) is 16.9. The molecule has 3 aliphatic rings. The van der Waals surface area contributed by atoms with Crippen molar-refractivity contribution in [2.75, 3.05) is 31.6 Å². The van der Waals surface area contributed by atoms with Gasteiger partial charge in [-0.1, -0.05) is 18.2 Å². The quantitative estimate of drug-likeness (QED) is 0.596. The van der Waals surface area contributed by atoms with Crippen molar-refractivity contribution in [2.24, 2.45) is 0 Å². The standard InChI is InChI=1S/C25H30N4O5S/c1-34-20-7-9-21(10-8-20)35(32,33)27-18-14-23-25(31)26-15-19(29(23)16-18)6-11-24(30)28-13-12-17-4-2-3-5-22(17)28/h2-5,7-10,18-19,23,27H,6,11-16H2,1H3,(H,26,31)/t18-,19+,23-/m0/s1. The molecule has 2 aromatic rings. The fraction of sp³-hybridized carbons (Fsp3) is 0.440. The molecule has 2 saturated heterocycles. The maximum atomic E-state index is 13.0. The van der Waals surface area contributed by atoms with Gasteiger partial charge in [-0.15, -0.1) is 0 Å². The minimum absolute atomic E-state index is 0.0185. The number of anilines is 1. The predicted molar refractivity (Wildman–Crippen MR) is 131 cm³/mol. The fourth-order valence-corrected chi connectivity index (χ4v) is 6.63. The van der Waals surface area contributed by atoms with Gasteiger partial charge in [0.15, 0.2) is 0 Å². The molecule has 186 valence electrons. The number of para-hydroxylation sites is 1. The molecule has 0 saturated carbocycles. The van der Waals surface area contributed by atoms with Crippen molar-refractivity contribution in [2.45, 2.75) is 48.7 Å². The molecule has 2 fully saturated rings. The van der Waals surface area contributed by atoms with Crippen LogP contribution in [0.2, 0.25) is 0 Å². The molecular formula is C25H30N4O5S. The van der Waals surface area contributed by atoms with Crippen LogP contribution in [0, 0.1) is 0 Å². The number of hydrogen-bond donors (Lipinski definition) is 2. The van der Waals surface area contributed by atoms with Gasteiger partial charge in [0.2, 0.25) is 21.8 Å². The zero-order chi connectivity index (χ0) is 24.6. The first kappa shape index (κ1) is 23.8. The van der Waals surface area contributed by atoms with Crippen LogP contribution in [0.25, 0.3) is 0 Å². The van der Waals surface area contributed by atoms with Gasteiger partial charge in [-0.25, -0.2) is 13.1 Å². The third-order valence-electron chi connectivity index (χ3n) is 7.19. The number of ether oxygens (including phenoxy) is 1. The number of fused-ring (bicyclic) bond motifs is 2. The largest absolute Gasteiger partial charge is 0.497 e. The Labute approximate surface area is 205 Å². The number of hydrogen-bond acceptors (Lipinski definition) is 6. The average Bonchev–Trinajstić information content (AvgIpc) is 3.48. The molecule has 3 atom stereocenters. The Kier molecular flexibility index (Phi) is 6.52. The Hall–Kier alpha value is -2.95. The summed E-state index contributed by atoms with van der Waals surface area (Å²) >= 11 is 0. The van der Waals surface area contributed by atoms with Crippen LogP contribution < -0.4 is 19.7 Å². The average molecular weight is 499 g/mol. The molecular weight excluding hydrogens is 468 g/mol. The molecule has 9 nitrogen and oxygen atoms in total. The predicted octanol–water partition coefficient (Wildman–Crippen LogP) is 1.28. The van der Waals surface area contributed by atoms with E-state index in [0.29, 0.717) is 44.6 Å². The lowest BCUT2D eigenvalue weighted by atomic mass is 10.0. The van der Waals surface area contributed by atoms with Gasteiger partial charge in [0.25, 0.3) is 0 Å². The highest BCUT2D eigenvalue weighted by Gasteiger charge is 2.44. The molecule has 35 heavy (non-hydrogen) atoms. The smallest absolute Gasteiger partial charge is 0.240 e. The minimum Gasteiger partial charge on any atom is -0.497 e. The number of rotatable bonds is 7. The third-order valence-corrected chi connectivity index (χ3v) is 8.73. The van der Waals surface area contributed by atoms with Crippen LogP contribution in [0.5, 0.6) is 5.75 Å². The normalized spacial score (nSPS) is 24.1. The van der Waals surface area contributed by atoms with E-state index in [0.717, 1.165) is 12.1 Å². The second-order valence-corrected chi connectivity index (χ2v) is 11.0. The molecule has 0 aliphatic carbocycles. The van der Waals surface area contributed by atoms with E-state index in [1.165, 1.54) is 24.8 Å². The molecule has 0 radical (unpaired) electrons. The van der Waals surface area contributed by atoms with Gasteiger partial charge in [0.05, 0.1) is 18.0 Å². The third kappa shape index (κ3) is 4.78. The van der Waals surface area contributed by atoms with Gasteiger partial charge in [0, 0.05) is 43.8 Å². The second kappa shape index (κ2) is 9.60. The van der Waals surface area contributed by atoms with Gasteiger partial charge in [-0.2, -0.15) is 0 Å². The van der Waals surface area contributed by atoms with Crippen LogP contribution in [0.15, 0.2) is 53.4 Å². The summed E-state index contributed by atoms with van der Waals surface area (Å²) < 4.78 is 33.7. The molecule has 2 amide bonds. The Balaban J connectivity index is 1.22. The Morgan fingerprint density at radius 3 is 2.71 bits per heavy atom. The highest BCUT2D eigenvalue weighted by molar-refractivity contribution is 7.89. The number of nitrogens with one attached hydrogen (secondary N) is 2. The molecule has 10 heteroatoms. The molecule has 5 rings (SSSR count). The van der Waals surface area contributed by atoms with Gasteiger partial charge in [0.1, 0.15) is 5.75 Å². The summed E-state index contributed by atoms with van der Waals surface area (Å²) in [5, 5.41) is 2.94. The van der Waals surface area contributed by atoms with Crippen molar-refractivity contribution >= 4 is 27.5 Å². The maximum Gasteiger partial charge on any atom is 0.240 e. The summed E-state index contributed by atoms with van der Waals surface area (Å²) in [4.78, 5) is 29.6. The van der Waals surface area contributed by atoms with E-state index < -0.39 is 16.1 Å². The van der Waals surface area contributed by atoms with Crippen LogP contribution >= 0.6 is 0 Å². The fourth-order valence-electron chi connectivity index (χ4n) is 5.39. The monoisotopic (exact) mass is 498 g/mol. The number of carbonyl (C=O) groups is 2. The summed E-state index contributed by atoms with van der Waals surface area (Å²) in [6, 6.07) is 13.4. The lowest BCUT2D eigenvalue weighted by molar-refractivity contribution is -0.129. The SMILES string of the molecule is COc1ccc(S(=O)(=O)N[C@H]2C[C@H]3C(=O)NC[C@@H](CCC(=O)N4CCc5ccccc54)N3C2)cc1. The molecule has 0 aromatic heterocycles. The summed E-state index contributed by atoms with van der Waals surface area (Å²) in [6.45, 7) is 1.58. The molecule has 3 aliphatic heterocycles. The van der Waals surface area contributed by atoms with Gasteiger partial charge >= 0.3 is 0 Å². The number of amides is 2. The molecule has 2 aromatic carbocycles. The van der Waals surface area contributed by atoms with Gasteiger partial charge < -0.3 is 15.0 Å². The van der Waals surface area contributed by atoms with Crippen LogP contribution in [0.3, 0.4) is 0 Å². The number of benzene rings is 2. The van der Waals surface area contributed by atoms with Crippen molar-refractivity contribution in [3.63, 3.8) is 0 Å². The van der Waals surface area contributed by atoms with Crippen LogP contribution in [-0.2, 0) is 26.0 Å². The highest BCUT2D eigenvalue weighted by Crippen LogP contribution is 2.30. The number of piperazine rings is 1. The number of sulfonamides is 1. The van der Waals surface area contributed by atoms with E-state index in [1.807, 2.05) is 23.1 Å². The van der Waals surface area contributed by atoms with Crippen LogP contribution in [-0.4, -0.2) is 70.0 Å². The van der Waals surface area contributed by atoms with Crippen LogP contribution in [0.1, 0.15) is 24.8 Å². The maximum absolute atomic E-state index is 13.0. The zero-order valence-electron chi connectivity index (χ0n) is 19.6. The van der Waals surface area contributed by atoms with Crippen molar-refractivity contribution in [1.29, 1.82) is 0 Å². The summed E-state index contributed by atoms with van der Waals surface area (Å²) in [6.07, 6.45) is 2.24. The van der Waals surface area contributed by atoms with E-state index in [9.17, 15) is 18.0 Å². The van der Waals surface area contributed by atoms with Gasteiger partial charge in [-0.05, 0) is 55.2 Å². The molecule has 0 bridgehead atoms. The van der Waals surface area contributed by atoms with E-state index in [2.05, 4.69) is 21.0 Å². The number of methoxy groups -OCH3 is 1. The highest BCUT2D eigenvalue weighted by atomic mass is 32.2. The summed E-state index contributed by atoms with van der Waals surface area (Å²) in [7, 11) is -2.21. The first-order valence-corrected chi connectivity index (χ1v) is 13.4. The Morgan fingerprint density at radius 2 is 1.94 bits per heavy atom. The van der Waals surface area contributed by atoms with Crippen molar-refractivity contribution in [3.8, 4) is 5.75 Å². The van der Waals surface area contributed by atoms with Crippen molar-refractivity contribution in [1.82, 2.24) is 14.9 Å². The summed E-state index contributed by atoms with van der Waals surface area (Å²) in [5.41, 5.74) is 2.18. The molecule has 3 heterocycles. The Bertz CT molecular complexity index is 1220. The summed E-state index contributed by atoms with van der Waals surface area (Å²) in [5.74, 6) is 0.569.